The molecule has 3 rings (SSSR count). The normalized spacial score (nSPS) is 12.1. The monoisotopic (exact) mass is 310 g/mol. The van der Waals surface area contributed by atoms with Crippen LogP contribution in [0.4, 0.5) is 0 Å². The van der Waals surface area contributed by atoms with Gasteiger partial charge < -0.3 is 4.90 Å². The van der Waals surface area contributed by atoms with E-state index in [4.69, 9.17) is 0 Å². The van der Waals surface area contributed by atoms with Crippen molar-refractivity contribution in [3.8, 4) is 5.69 Å². The molecule has 1 atom stereocenters. The van der Waals surface area contributed by atoms with Crippen molar-refractivity contribution in [3.05, 3.63) is 60.9 Å². The molecule has 2 heterocycles. The Balaban J connectivity index is 1.67. The molecule has 2 aromatic heterocycles. The number of rotatable bonds is 5. The Morgan fingerprint density at radius 3 is 2.74 bits per heavy atom. The molecule has 0 N–H and O–H groups in total. The molecule has 0 saturated heterocycles. The molecule has 0 aliphatic carbocycles. The van der Waals surface area contributed by atoms with Crippen LogP contribution < -0.4 is 0 Å². The summed E-state index contributed by atoms with van der Waals surface area (Å²) >= 11 is 0. The number of carbonyl (C=O) groups is 1. The van der Waals surface area contributed by atoms with E-state index in [9.17, 15) is 4.79 Å². The lowest BCUT2D eigenvalue weighted by Gasteiger charge is -2.20. The van der Waals surface area contributed by atoms with Gasteiger partial charge in [-0.1, -0.05) is 18.2 Å². The minimum absolute atomic E-state index is 0.0250. The number of carbonyl (C=O) groups excluding carboxylic acids is 1. The van der Waals surface area contributed by atoms with Gasteiger partial charge in [0.05, 0.1) is 11.9 Å². The zero-order valence-corrected chi connectivity index (χ0v) is 13.1. The van der Waals surface area contributed by atoms with E-state index in [-0.39, 0.29) is 11.9 Å². The van der Waals surface area contributed by atoms with Crippen molar-refractivity contribution in [1.29, 1.82) is 0 Å². The zero-order valence-electron chi connectivity index (χ0n) is 13.1. The van der Waals surface area contributed by atoms with E-state index < -0.39 is 0 Å². The lowest BCUT2D eigenvalue weighted by atomic mass is 10.2. The first kappa shape index (κ1) is 15.0. The van der Waals surface area contributed by atoms with Crippen LogP contribution in [0.1, 0.15) is 18.5 Å². The maximum absolute atomic E-state index is 12.4. The lowest BCUT2D eigenvalue weighted by Crippen LogP contribution is -2.32. The topological polar surface area (TPSA) is 68.8 Å². The van der Waals surface area contributed by atoms with E-state index in [2.05, 4.69) is 15.2 Å². The third kappa shape index (κ3) is 3.28. The molecule has 7 heteroatoms. The second-order valence-electron chi connectivity index (χ2n) is 5.37. The smallest absolute Gasteiger partial charge is 0.247 e. The van der Waals surface area contributed by atoms with Crippen LogP contribution in [0.2, 0.25) is 0 Å². The molecule has 0 radical (unpaired) electrons. The number of para-hydroxylation sites is 1. The molecule has 0 aliphatic rings. The number of likely N-dealkylation sites (N-methyl/N-ethyl adjacent to an activating group) is 1. The molecule has 1 amide bonds. The second-order valence-corrected chi connectivity index (χ2v) is 5.37. The standard InChI is InChI=1S/C16H18N6O/c1-13(22-12-17-11-19-22)16(23)20(2)9-14-8-18-21(10-14)15-6-4-3-5-7-15/h3-8,10-13H,9H2,1-2H3. The SMILES string of the molecule is CC(C(=O)N(C)Cc1cnn(-c2ccccc2)c1)n1cncn1. The molecular formula is C16H18N6O. The Labute approximate surface area is 134 Å². The van der Waals surface area contributed by atoms with Crippen molar-refractivity contribution in [1.82, 2.24) is 29.4 Å². The third-order valence-corrected chi connectivity index (χ3v) is 3.64. The fourth-order valence-corrected chi connectivity index (χ4v) is 2.36. The third-order valence-electron chi connectivity index (χ3n) is 3.64. The van der Waals surface area contributed by atoms with Crippen LogP contribution in [0.5, 0.6) is 0 Å². The first-order chi connectivity index (χ1) is 11.1. The molecule has 1 aromatic carbocycles. The minimum atomic E-state index is -0.383. The molecule has 3 aromatic rings. The average Bonchev–Trinajstić information content (AvgIpc) is 3.26. The van der Waals surface area contributed by atoms with Crippen molar-refractivity contribution in [2.24, 2.45) is 0 Å². The van der Waals surface area contributed by atoms with Crippen molar-refractivity contribution in [3.63, 3.8) is 0 Å². The van der Waals surface area contributed by atoms with E-state index in [1.54, 1.807) is 40.8 Å². The van der Waals surface area contributed by atoms with Crippen LogP contribution in [0.15, 0.2) is 55.4 Å². The van der Waals surface area contributed by atoms with Gasteiger partial charge in [-0.05, 0) is 19.1 Å². The van der Waals surface area contributed by atoms with Crippen molar-refractivity contribution >= 4 is 5.91 Å². The Bertz CT molecular complexity index is 765. The summed E-state index contributed by atoms with van der Waals surface area (Å²) in [6.07, 6.45) is 6.67. The van der Waals surface area contributed by atoms with Crippen molar-refractivity contribution in [2.45, 2.75) is 19.5 Å². The molecule has 118 valence electrons. The van der Waals surface area contributed by atoms with E-state index >= 15 is 0 Å². The summed E-state index contributed by atoms with van der Waals surface area (Å²) in [5.41, 5.74) is 1.96. The summed E-state index contributed by atoms with van der Waals surface area (Å²) < 4.78 is 3.35. The fraction of sp³-hybridized carbons (Fsp3) is 0.250. The number of nitrogens with zero attached hydrogens (tertiary/aromatic N) is 6. The van der Waals surface area contributed by atoms with Gasteiger partial charge in [0.25, 0.3) is 0 Å². The summed E-state index contributed by atoms with van der Waals surface area (Å²) in [6, 6.07) is 9.48. The van der Waals surface area contributed by atoms with Crippen LogP contribution in [-0.4, -0.2) is 42.4 Å². The van der Waals surface area contributed by atoms with Gasteiger partial charge in [0.2, 0.25) is 5.91 Å². The minimum Gasteiger partial charge on any atom is -0.339 e. The largest absolute Gasteiger partial charge is 0.339 e. The summed E-state index contributed by atoms with van der Waals surface area (Å²) in [5.74, 6) is -0.0250. The van der Waals surface area contributed by atoms with Crippen LogP contribution in [0.25, 0.3) is 5.69 Å². The quantitative estimate of drug-likeness (QED) is 0.719. The Morgan fingerprint density at radius 1 is 1.26 bits per heavy atom. The first-order valence-electron chi connectivity index (χ1n) is 7.33. The number of amides is 1. The predicted octanol–water partition coefficient (Wildman–Crippen LogP) is 1.68. The summed E-state index contributed by atoms with van der Waals surface area (Å²) in [5, 5.41) is 8.36. The molecule has 7 nitrogen and oxygen atoms in total. The van der Waals surface area contributed by atoms with E-state index in [1.807, 2.05) is 36.5 Å². The van der Waals surface area contributed by atoms with Crippen LogP contribution >= 0.6 is 0 Å². The van der Waals surface area contributed by atoms with E-state index in [0.29, 0.717) is 6.54 Å². The first-order valence-corrected chi connectivity index (χ1v) is 7.33. The molecule has 0 fully saturated rings. The molecular weight excluding hydrogens is 292 g/mol. The van der Waals surface area contributed by atoms with Crippen molar-refractivity contribution < 1.29 is 4.79 Å². The number of hydrogen-bond acceptors (Lipinski definition) is 4. The number of hydrogen-bond donors (Lipinski definition) is 0. The van der Waals surface area contributed by atoms with Gasteiger partial charge in [0.1, 0.15) is 18.7 Å². The maximum atomic E-state index is 12.4. The molecule has 23 heavy (non-hydrogen) atoms. The Hall–Kier alpha value is -2.96. The second kappa shape index (κ2) is 6.43. The van der Waals surface area contributed by atoms with Gasteiger partial charge in [-0.3, -0.25) is 4.79 Å². The lowest BCUT2D eigenvalue weighted by molar-refractivity contribution is -0.133. The van der Waals surface area contributed by atoms with E-state index in [1.165, 1.54) is 6.33 Å². The highest BCUT2D eigenvalue weighted by molar-refractivity contribution is 5.79. The number of benzene rings is 1. The summed E-state index contributed by atoms with van der Waals surface area (Å²) in [4.78, 5) is 18.0. The van der Waals surface area contributed by atoms with Gasteiger partial charge >= 0.3 is 0 Å². The Kier molecular flexibility index (Phi) is 4.18. The van der Waals surface area contributed by atoms with E-state index in [0.717, 1.165) is 11.3 Å². The zero-order chi connectivity index (χ0) is 16.2. The van der Waals surface area contributed by atoms with Crippen LogP contribution in [0, 0.1) is 0 Å². The molecule has 0 spiro atoms. The highest BCUT2D eigenvalue weighted by Gasteiger charge is 2.20. The van der Waals surface area contributed by atoms with Gasteiger partial charge in [0.15, 0.2) is 0 Å². The van der Waals surface area contributed by atoms with Crippen LogP contribution in [-0.2, 0) is 11.3 Å². The van der Waals surface area contributed by atoms with Gasteiger partial charge in [-0.15, -0.1) is 0 Å². The average molecular weight is 310 g/mol. The number of aromatic nitrogens is 5. The van der Waals surface area contributed by atoms with Crippen LogP contribution in [0.3, 0.4) is 0 Å². The highest BCUT2D eigenvalue weighted by Crippen LogP contribution is 2.12. The summed E-state index contributed by atoms with van der Waals surface area (Å²) in [7, 11) is 1.77. The fourth-order valence-electron chi connectivity index (χ4n) is 2.36. The maximum Gasteiger partial charge on any atom is 0.247 e. The van der Waals surface area contributed by atoms with Gasteiger partial charge in [-0.25, -0.2) is 14.3 Å². The molecule has 0 bridgehead atoms. The highest BCUT2D eigenvalue weighted by atomic mass is 16.2. The van der Waals surface area contributed by atoms with Gasteiger partial charge in [-0.2, -0.15) is 10.2 Å². The predicted molar refractivity (Wildman–Crippen MR) is 84.8 cm³/mol. The molecule has 0 aliphatic heterocycles. The van der Waals surface area contributed by atoms with Crippen molar-refractivity contribution in [2.75, 3.05) is 7.05 Å². The molecule has 1 unspecified atom stereocenters. The molecule has 0 saturated carbocycles. The van der Waals surface area contributed by atoms with Gasteiger partial charge in [0, 0.05) is 25.4 Å². The Morgan fingerprint density at radius 2 is 2.04 bits per heavy atom. The summed E-state index contributed by atoms with van der Waals surface area (Å²) in [6.45, 7) is 2.30.